The molecule has 0 saturated carbocycles. The van der Waals surface area contributed by atoms with Gasteiger partial charge in [0.1, 0.15) is 5.75 Å². The molecule has 7 heteroatoms. The number of halogens is 3. The lowest BCUT2D eigenvalue weighted by Gasteiger charge is -2.16. The molecular weight excluding hydrogens is 613 g/mol. The predicted molar refractivity (Wildman–Crippen MR) is 104 cm³/mol. The lowest BCUT2D eigenvalue weighted by molar-refractivity contribution is -0.0201. The van der Waals surface area contributed by atoms with Crippen LogP contribution in [0.25, 0.3) is 0 Å². The highest BCUT2D eigenvalue weighted by molar-refractivity contribution is 14.1. The molecule has 1 atom stereocenters. The van der Waals surface area contributed by atoms with Crippen LogP contribution >= 0.6 is 67.8 Å². The van der Waals surface area contributed by atoms with E-state index in [-0.39, 0.29) is 5.56 Å². The van der Waals surface area contributed by atoms with E-state index >= 15 is 0 Å². The van der Waals surface area contributed by atoms with Crippen molar-refractivity contribution in [2.24, 2.45) is 0 Å². The van der Waals surface area contributed by atoms with Gasteiger partial charge in [-0.3, -0.25) is 0 Å². The van der Waals surface area contributed by atoms with E-state index in [2.05, 4.69) is 67.8 Å². The van der Waals surface area contributed by atoms with E-state index in [4.69, 9.17) is 9.84 Å². The number of benzene rings is 2. The number of carbonyl (C=O) groups is 1. The van der Waals surface area contributed by atoms with Crippen LogP contribution in [0.1, 0.15) is 22.2 Å². The molecule has 0 spiro atoms. The molecule has 0 aliphatic carbocycles. The number of carboxylic acid groups (broad SMARTS) is 1. The van der Waals surface area contributed by atoms with Gasteiger partial charge in [-0.1, -0.05) is 0 Å². The van der Waals surface area contributed by atoms with Gasteiger partial charge in [-0.25, -0.2) is 4.79 Å². The van der Waals surface area contributed by atoms with Crippen LogP contribution < -0.4 is 4.74 Å². The second kappa shape index (κ2) is 7.42. The first-order chi connectivity index (χ1) is 9.88. The van der Waals surface area contributed by atoms with Crippen molar-refractivity contribution >= 4 is 73.7 Å². The first kappa shape index (κ1) is 17.2. The van der Waals surface area contributed by atoms with Gasteiger partial charge in [0, 0.05) is 16.3 Å². The van der Waals surface area contributed by atoms with Gasteiger partial charge in [0.25, 0.3) is 0 Å². The smallest absolute Gasteiger partial charge is 0.335 e. The van der Waals surface area contributed by atoms with Crippen LogP contribution in [-0.4, -0.2) is 16.2 Å². The zero-order chi connectivity index (χ0) is 15.6. The monoisotopic (exact) mass is 622 g/mol. The minimum Gasteiger partial charge on any atom is -0.478 e. The molecule has 0 aliphatic heterocycles. The Morgan fingerprint density at radius 2 is 1.71 bits per heavy atom. The summed E-state index contributed by atoms with van der Waals surface area (Å²) in [6.45, 7) is 0. The van der Waals surface area contributed by atoms with E-state index in [1.807, 2.05) is 12.1 Å². The van der Waals surface area contributed by atoms with E-state index in [9.17, 15) is 9.90 Å². The van der Waals surface area contributed by atoms with Gasteiger partial charge in [-0.15, -0.1) is 0 Å². The second-order valence-corrected chi connectivity index (χ2v) is 7.58. The van der Waals surface area contributed by atoms with Gasteiger partial charge < -0.3 is 14.9 Å². The fourth-order valence-corrected chi connectivity index (χ4v) is 4.09. The maximum atomic E-state index is 10.8. The van der Waals surface area contributed by atoms with Crippen molar-refractivity contribution in [3.05, 3.63) is 58.2 Å². The molecule has 0 radical (unpaired) electrons. The molecule has 2 N–H and O–H groups in total. The first-order valence-corrected chi connectivity index (χ1v) is 8.94. The summed E-state index contributed by atoms with van der Waals surface area (Å²) >= 11 is 6.56. The Morgan fingerprint density at radius 3 is 2.29 bits per heavy atom. The molecule has 21 heavy (non-hydrogen) atoms. The number of aliphatic hydroxyl groups excluding tert-OH is 1. The normalized spacial score (nSPS) is 12.0. The first-order valence-electron chi connectivity index (χ1n) is 5.71. The lowest BCUT2D eigenvalue weighted by Crippen LogP contribution is -2.09. The number of ether oxygens (including phenoxy) is 1. The van der Waals surface area contributed by atoms with Crippen LogP contribution in [0.15, 0.2) is 36.4 Å². The number of carboxylic acids is 1. The Bertz CT molecular complexity index is 671. The molecule has 0 amide bonds. The quantitative estimate of drug-likeness (QED) is 0.304. The largest absolute Gasteiger partial charge is 0.478 e. The Kier molecular flexibility index (Phi) is 6.08. The van der Waals surface area contributed by atoms with Crippen LogP contribution in [-0.2, 0) is 0 Å². The second-order valence-electron chi connectivity index (χ2n) is 4.09. The summed E-state index contributed by atoms with van der Waals surface area (Å²) in [5.74, 6) is -0.582. The Balaban J connectivity index is 2.21. The summed E-state index contributed by atoms with van der Waals surface area (Å²) in [6, 6.07) is 9.81. The topological polar surface area (TPSA) is 66.8 Å². The summed E-state index contributed by atoms with van der Waals surface area (Å²) in [4.78, 5) is 10.8. The Labute approximate surface area is 162 Å². The van der Waals surface area contributed by atoms with Crippen LogP contribution in [0, 0.1) is 10.7 Å². The third kappa shape index (κ3) is 4.42. The number of aromatic carboxylic acids is 1. The van der Waals surface area contributed by atoms with Gasteiger partial charge in [0.2, 0.25) is 6.29 Å². The standard InChI is InChI=1S/C14H9I3O4/c15-8-5-10(12(17)11(16)6-8)14(20)21-9-3-1-7(2-4-9)13(18)19/h1-6,14,20H,(H,18,19)/t14-/m0/s1. The van der Waals surface area contributed by atoms with Crippen molar-refractivity contribution < 1.29 is 19.7 Å². The molecule has 2 rings (SSSR count). The third-order valence-electron chi connectivity index (χ3n) is 2.64. The summed E-state index contributed by atoms with van der Waals surface area (Å²) in [7, 11) is 0. The highest BCUT2D eigenvalue weighted by Crippen LogP contribution is 2.29. The predicted octanol–water partition coefficient (Wildman–Crippen LogP) is 4.27. The minimum absolute atomic E-state index is 0.176. The average Bonchev–Trinajstić information content (AvgIpc) is 2.43. The minimum atomic E-state index is -1.10. The fraction of sp³-hybridized carbons (Fsp3) is 0.0714. The Morgan fingerprint density at radius 1 is 1.10 bits per heavy atom. The van der Waals surface area contributed by atoms with Gasteiger partial charge in [0.15, 0.2) is 0 Å². The van der Waals surface area contributed by atoms with E-state index in [0.29, 0.717) is 11.3 Å². The lowest BCUT2D eigenvalue weighted by atomic mass is 10.2. The molecule has 4 nitrogen and oxygen atoms in total. The SMILES string of the molecule is O=C(O)c1ccc(O[C@H](O)c2cc(I)cc(I)c2I)cc1. The van der Waals surface area contributed by atoms with Crippen LogP contribution in [0.2, 0.25) is 0 Å². The van der Waals surface area contributed by atoms with Crippen molar-refractivity contribution in [1.29, 1.82) is 0 Å². The molecule has 110 valence electrons. The van der Waals surface area contributed by atoms with Crippen molar-refractivity contribution in [1.82, 2.24) is 0 Å². The number of rotatable bonds is 4. The van der Waals surface area contributed by atoms with Gasteiger partial charge >= 0.3 is 5.97 Å². The van der Waals surface area contributed by atoms with Crippen LogP contribution in [0.5, 0.6) is 5.75 Å². The molecule has 2 aromatic rings. The summed E-state index contributed by atoms with van der Waals surface area (Å²) in [6.07, 6.45) is -1.10. The average molecular weight is 622 g/mol. The zero-order valence-electron chi connectivity index (χ0n) is 10.4. The molecule has 0 aromatic heterocycles. The summed E-state index contributed by atoms with van der Waals surface area (Å²) in [5.41, 5.74) is 0.865. The maximum Gasteiger partial charge on any atom is 0.335 e. The number of aliphatic hydroxyl groups is 1. The third-order valence-corrected chi connectivity index (χ3v) is 6.35. The highest BCUT2D eigenvalue weighted by Gasteiger charge is 2.16. The van der Waals surface area contributed by atoms with E-state index < -0.39 is 12.3 Å². The molecule has 0 aliphatic rings. The van der Waals surface area contributed by atoms with Gasteiger partial charge in [-0.2, -0.15) is 0 Å². The molecule has 0 bridgehead atoms. The molecule has 2 aromatic carbocycles. The summed E-state index contributed by atoms with van der Waals surface area (Å²) in [5, 5.41) is 19.1. The molecule has 0 unspecified atom stereocenters. The maximum absolute atomic E-state index is 10.8. The fourth-order valence-electron chi connectivity index (χ4n) is 1.62. The van der Waals surface area contributed by atoms with Crippen LogP contribution in [0.3, 0.4) is 0 Å². The van der Waals surface area contributed by atoms with Gasteiger partial charge in [-0.05, 0) is 104 Å². The zero-order valence-corrected chi connectivity index (χ0v) is 16.9. The van der Waals surface area contributed by atoms with Crippen molar-refractivity contribution in [3.8, 4) is 5.75 Å². The van der Waals surface area contributed by atoms with Gasteiger partial charge in [0.05, 0.1) is 5.56 Å². The molecular formula is C14H9I3O4. The number of hydrogen-bond acceptors (Lipinski definition) is 3. The van der Waals surface area contributed by atoms with E-state index in [1.165, 1.54) is 24.3 Å². The van der Waals surface area contributed by atoms with E-state index in [0.717, 1.165) is 10.7 Å². The summed E-state index contributed by atoms with van der Waals surface area (Å²) < 4.78 is 8.46. The Hall–Kier alpha value is -0.140. The highest BCUT2D eigenvalue weighted by atomic mass is 127. The molecule has 0 heterocycles. The molecule has 0 fully saturated rings. The number of hydrogen-bond donors (Lipinski definition) is 2. The van der Waals surface area contributed by atoms with E-state index in [1.54, 1.807) is 0 Å². The van der Waals surface area contributed by atoms with Crippen LogP contribution in [0.4, 0.5) is 0 Å². The molecule has 0 saturated heterocycles. The van der Waals surface area contributed by atoms with Crippen molar-refractivity contribution in [3.63, 3.8) is 0 Å². The van der Waals surface area contributed by atoms with Crippen molar-refractivity contribution in [2.45, 2.75) is 6.29 Å². The van der Waals surface area contributed by atoms with Crippen molar-refractivity contribution in [2.75, 3.05) is 0 Å².